The fourth-order valence-corrected chi connectivity index (χ4v) is 2.25. The summed E-state index contributed by atoms with van der Waals surface area (Å²) in [4.78, 5) is 11.8. The number of benzene rings is 2. The van der Waals surface area contributed by atoms with E-state index in [0.717, 1.165) is 22.4 Å². The second-order valence-corrected chi connectivity index (χ2v) is 5.50. The molecule has 0 fully saturated rings. The number of esters is 1. The first-order chi connectivity index (χ1) is 11.6. The average Bonchev–Trinajstić information content (AvgIpc) is 2.59. The molecule has 4 heteroatoms. The molecule has 0 heterocycles. The van der Waals surface area contributed by atoms with Gasteiger partial charge >= 0.3 is 5.97 Å². The highest BCUT2D eigenvalue weighted by Gasteiger charge is 2.06. The first kappa shape index (κ1) is 17.6. The lowest BCUT2D eigenvalue weighted by Crippen LogP contribution is -2.13. The molecule has 2 aromatic carbocycles. The van der Waals surface area contributed by atoms with Gasteiger partial charge in [-0.3, -0.25) is 0 Å². The second kappa shape index (κ2) is 8.77. The van der Waals surface area contributed by atoms with Crippen molar-refractivity contribution in [3.05, 3.63) is 71.5 Å². The summed E-state index contributed by atoms with van der Waals surface area (Å²) in [5, 5.41) is 0. The fraction of sp³-hybridized carbons (Fsp3) is 0.250. The Labute approximate surface area is 142 Å². The van der Waals surface area contributed by atoms with Crippen LogP contribution in [0.5, 0.6) is 11.5 Å². The Morgan fingerprint density at radius 2 is 1.71 bits per heavy atom. The predicted molar refractivity (Wildman–Crippen MR) is 93.2 cm³/mol. The van der Waals surface area contributed by atoms with Gasteiger partial charge in [-0.15, -0.1) is 0 Å². The van der Waals surface area contributed by atoms with Crippen molar-refractivity contribution in [3.63, 3.8) is 0 Å². The zero-order chi connectivity index (χ0) is 17.4. The van der Waals surface area contributed by atoms with E-state index in [1.54, 1.807) is 7.11 Å². The quantitative estimate of drug-likeness (QED) is 0.568. The smallest absolute Gasteiger partial charge is 0.348 e. The van der Waals surface area contributed by atoms with E-state index >= 15 is 0 Å². The highest BCUT2D eigenvalue weighted by molar-refractivity contribution is 5.71. The van der Waals surface area contributed by atoms with Gasteiger partial charge in [0.2, 0.25) is 0 Å². The van der Waals surface area contributed by atoms with Gasteiger partial charge in [-0.25, -0.2) is 4.79 Å². The number of hydrogen-bond donors (Lipinski definition) is 0. The first-order valence-electron chi connectivity index (χ1n) is 7.75. The molecule has 0 saturated heterocycles. The number of rotatable bonds is 7. The maximum atomic E-state index is 11.8. The van der Waals surface area contributed by atoms with Crippen LogP contribution in [0.3, 0.4) is 0 Å². The molecule has 0 aliphatic heterocycles. The van der Waals surface area contributed by atoms with Gasteiger partial charge in [-0.05, 0) is 42.7 Å². The molecule has 0 spiro atoms. The molecule has 0 radical (unpaired) electrons. The van der Waals surface area contributed by atoms with Crippen LogP contribution in [0.25, 0.3) is 0 Å². The second-order valence-electron chi connectivity index (χ2n) is 5.50. The highest BCUT2D eigenvalue weighted by Crippen LogP contribution is 2.20. The van der Waals surface area contributed by atoms with E-state index in [0.29, 0.717) is 12.2 Å². The molecule has 0 aliphatic carbocycles. The average molecular weight is 326 g/mol. The summed E-state index contributed by atoms with van der Waals surface area (Å²) in [6.45, 7) is 3.71. The molecule has 24 heavy (non-hydrogen) atoms. The highest BCUT2D eigenvalue weighted by atomic mass is 16.6. The third kappa shape index (κ3) is 5.16. The van der Waals surface area contributed by atoms with E-state index in [9.17, 15) is 4.79 Å². The Hall–Kier alpha value is -2.75. The van der Waals surface area contributed by atoms with Crippen LogP contribution in [0.1, 0.15) is 18.1 Å². The minimum absolute atomic E-state index is 0.122. The Morgan fingerprint density at radius 3 is 2.42 bits per heavy atom. The van der Waals surface area contributed by atoms with Gasteiger partial charge in [0.25, 0.3) is 0 Å². The predicted octanol–water partition coefficient (Wildman–Crippen LogP) is 4.07. The number of para-hydroxylation sites is 2. The van der Waals surface area contributed by atoms with Gasteiger partial charge in [-0.2, -0.15) is 0 Å². The molecule has 0 N–H and O–H groups in total. The van der Waals surface area contributed by atoms with Crippen LogP contribution in [0.4, 0.5) is 0 Å². The van der Waals surface area contributed by atoms with Crippen LogP contribution in [0, 0.1) is 6.92 Å². The lowest BCUT2D eigenvalue weighted by atomic mass is 10.1. The normalized spacial score (nSPS) is 11.0. The molecule has 126 valence electrons. The number of carbonyl (C=O) groups is 1. The summed E-state index contributed by atoms with van der Waals surface area (Å²) < 4.78 is 15.9. The Balaban J connectivity index is 1.85. The summed E-state index contributed by atoms with van der Waals surface area (Å²) in [5.41, 5.74) is 2.94. The van der Waals surface area contributed by atoms with Gasteiger partial charge in [0, 0.05) is 6.42 Å². The molecule has 0 aromatic heterocycles. The molecular formula is C20H22O4. The number of ether oxygens (including phenoxy) is 3. The molecule has 4 nitrogen and oxygen atoms in total. The zero-order valence-corrected chi connectivity index (χ0v) is 14.2. The van der Waals surface area contributed by atoms with Crippen LogP contribution >= 0.6 is 0 Å². The van der Waals surface area contributed by atoms with Gasteiger partial charge < -0.3 is 14.2 Å². The molecular weight excluding hydrogens is 304 g/mol. The van der Waals surface area contributed by atoms with Crippen molar-refractivity contribution >= 4 is 5.97 Å². The van der Waals surface area contributed by atoms with E-state index in [4.69, 9.17) is 14.2 Å². The molecule has 0 saturated carbocycles. The molecule has 2 rings (SSSR count). The summed E-state index contributed by atoms with van der Waals surface area (Å²) in [7, 11) is 1.64. The van der Waals surface area contributed by atoms with Crippen molar-refractivity contribution < 1.29 is 19.0 Å². The van der Waals surface area contributed by atoms with Gasteiger partial charge in [0.1, 0.15) is 11.5 Å². The van der Waals surface area contributed by atoms with Gasteiger partial charge in [0.05, 0.1) is 13.4 Å². The summed E-state index contributed by atoms with van der Waals surface area (Å²) >= 11 is 0. The standard InChI is InChI=1S/C20H22O4/c1-15(12-17-9-5-7-11-19(17)22-3)13-24-20(21)14-23-18-10-6-4-8-16(18)2/h4-11,13H,12,14H2,1-3H3/b15-13+. The van der Waals surface area contributed by atoms with Crippen molar-refractivity contribution in [1.29, 1.82) is 0 Å². The van der Waals surface area contributed by atoms with Crippen molar-refractivity contribution in [2.24, 2.45) is 0 Å². The van der Waals surface area contributed by atoms with Crippen LogP contribution in [-0.4, -0.2) is 19.7 Å². The van der Waals surface area contributed by atoms with Gasteiger partial charge in [-0.1, -0.05) is 36.4 Å². The SMILES string of the molecule is COc1ccccc1C/C(C)=C/OC(=O)COc1ccccc1C. The third-order valence-electron chi connectivity index (χ3n) is 3.49. The maximum absolute atomic E-state index is 11.8. The van der Waals surface area contributed by atoms with E-state index in [1.807, 2.05) is 62.4 Å². The summed E-state index contributed by atoms with van der Waals surface area (Å²) in [5.74, 6) is 1.07. The Kier molecular flexibility index (Phi) is 6.43. The summed E-state index contributed by atoms with van der Waals surface area (Å²) in [6, 6.07) is 15.3. The maximum Gasteiger partial charge on any atom is 0.348 e. The van der Waals surface area contributed by atoms with Crippen molar-refractivity contribution in [1.82, 2.24) is 0 Å². The minimum Gasteiger partial charge on any atom is -0.496 e. The van der Waals surface area contributed by atoms with E-state index in [-0.39, 0.29) is 6.61 Å². The summed E-state index contributed by atoms with van der Waals surface area (Å²) in [6.07, 6.45) is 2.12. The van der Waals surface area contributed by atoms with Crippen LogP contribution in [0.2, 0.25) is 0 Å². The first-order valence-corrected chi connectivity index (χ1v) is 7.75. The Bertz CT molecular complexity index is 719. The topological polar surface area (TPSA) is 44.8 Å². The molecule has 0 amide bonds. The van der Waals surface area contributed by atoms with E-state index in [1.165, 1.54) is 6.26 Å². The number of methoxy groups -OCH3 is 1. The van der Waals surface area contributed by atoms with Crippen molar-refractivity contribution in [3.8, 4) is 11.5 Å². The third-order valence-corrected chi connectivity index (χ3v) is 3.49. The van der Waals surface area contributed by atoms with E-state index in [2.05, 4.69) is 0 Å². The number of aryl methyl sites for hydroxylation is 1. The monoisotopic (exact) mass is 326 g/mol. The molecule has 2 aromatic rings. The minimum atomic E-state index is -0.433. The number of allylic oxidation sites excluding steroid dienone is 1. The largest absolute Gasteiger partial charge is 0.496 e. The lowest BCUT2D eigenvalue weighted by Gasteiger charge is -2.09. The molecule has 0 atom stereocenters. The lowest BCUT2D eigenvalue weighted by molar-refractivity contribution is -0.140. The van der Waals surface area contributed by atoms with Crippen molar-refractivity contribution in [2.75, 3.05) is 13.7 Å². The fourth-order valence-electron chi connectivity index (χ4n) is 2.25. The zero-order valence-electron chi connectivity index (χ0n) is 14.2. The molecule has 0 bridgehead atoms. The van der Waals surface area contributed by atoms with Crippen LogP contribution in [-0.2, 0) is 16.0 Å². The van der Waals surface area contributed by atoms with Crippen LogP contribution < -0.4 is 9.47 Å². The number of hydrogen-bond acceptors (Lipinski definition) is 4. The molecule has 0 aliphatic rings. The van der Waals surface area contributed by atoms with E-state index < -0.39 is 5.97 Å². The van der Waals surface area contributed by atoms with Crippen molar-refractivity contribution in [2.45, 2.75) is 20.3 Å². The van der Waals surface area contributed by atoms with Gasteiger partial charge in [0.15, 0.2) is 6.61 Å². The Morgan fingerprint density at radius 1 is 1.04 bits per heavy atom. The molecule has 0 unspecified atom stereocenters. The number of carbonyl (C=O) groups excluding carboxylic acids is 1. The van der Waals surface area contributed by atoms with Crippen LogP contribution in [0.15, 0.2) is 60.4 Å².